The van der Waals surface area contributed by atoms with Crippen LogP contribution in [0.1, 0.15) is 26.5 Å². The van der Waals surface area contributed by atoms with E-state index >= 15 is 0 Å². The number of carbonyl (C=O) groups excluding carboxylic acids is 2. The number of fused-ring (bicyclic) bond motifs is 1. The van der Waals surface area contributed by atoms with E-state index in [0.29, 0.717) is 43.1 Å². The molecular weight excluding hydrogens is 332 g/mol. The van der Waals surface area contributed by atoms with E-state index in [2.05, 4.69) is 15.2 Å². The van der Waals surface area contributed by atoms with Crippen LogP contribution in [0.5, 0.6) is 0 Å². The first-order valence-electron chi connectivity index (χ1n) is 8.27. The Morgan fingerprint density at radius 2 is 1.77 bits per heavy atom. The maximum absolute atomic E-state index is 12.8. The molecule has 0 unspecified atom stereocenters. The van der Waals surface area contributed by atoms with E-state index in [4.69, 9.17) is 5.26 Å². The summed E-state index contributed by atoms with van der Waals surface area (Å²) in [4.78, 5) is 31.4. The Bertz CT molecular complexity index is 1020. The summed E-state index contributed by atoms with van der Waals surface area (Å²) in [5.41, 5.74) is 2.04. The van der Waals surface area contributed by atoms with Gasteiger partial charge in [0.25, 0.3) is 11.8 Å². The highest BCUT2D eigenvalue weighted by atomic mass is 16.2. The lowest BCUT2D eigenvalue weighted by Crippen LogP contribution is -2.50. The van der Waals surface area contributed by atoms with Gasteiger partial charge in [0.15, 0.2) is 5.69 Å². The predicted molar refractivity (Wildman–Crippen MR) is 93.4 cm³/mol. The number of benzene rings is 1. The molecule has 0 radical (unpaired) electrons. The number of piperazine rings is 1. The molecule has 0 saturated carbocycles. The number of para-hydroxylation sites is 1. The topological polar surface area (TPSA) is 109 Å². The molecule has 3 aromatic rings. The Morgan fingerprint density at radius 3 is 2.46 bits per heavy atom. The van der Waals surface area contributed by atoms with Crippen molar-refractivity contribution in [3.05, 3.63) is 53.5 Å². The smallest absolute Gasteiger partial charge is 0.275 e. The van der Waals surface area contributed by atoms with E-state index in [0.717, 1.165) is 10.9 Å². The van der Waals surface area contributed by atoms with Crippen LogP contribution in [0.3, 0.4) is 0 Å². The summed E-state index contributed by atoms with van der Waals surface area (Å²) in [6.07, 6.45) is 1.51. The van der Waals surface area contributed by atoms with Crippen molar-refractivity contribution < 1.29 is 9.59 Å². The standard InChI is InChI=1S/C18H16N6O2/c19-10-12-9-15(20-11-12)17(25)23-5-7-24(8-6-23)18(26)16-13-3-1-2-4-14(13)21-22-16/h1-4,9,11,20H,5-8H2,(H,21,22). The molecule has 1 aliphatic rings. The average Bonchev–Trinajstić information content (AvgIpc) is 3.34. The second kappa shape index (κ2) is 6.37. The Hall–Kier alpha value is -3.60. The zero-order valence-corrected chi connectivity index (χ0v) is 13.9. The van der Waals surface area contributed by atoms with Crippen LogP contribution in [0, 0.1) is 11.3 Å². The quantitative estimate of drug-likeness (QED) is 0.729. The Labute approximate surface area is 149 Å². The summed E-state index contributed by atoms with van der Waals surface area (Å²) in [6, 6.07) is 11.0. The van der Waals surface area contributed by atoms with Crippen LogP contribution in [-0.4, -0.2) is 63.0 Å². The molecule has 4 rings (SSSR count). The lowest BCUT2D eigenvalue weighted by Gasteiger charge is -2.34. The van der Waals surface area contributed by atoms with Gasteiger partial charge in [0.1, 0.15) is 11.8 Å². The fourth-order valence-corrected chi connectivity index (χ4v) is 3.14. The molecule has 2 aromatic heterocycles. The second-order valence-corrected chi connectivity index (χ2v) is 6.12. The van der Waals surface area contributed by atoms with Gasteiger partial charge in [0.05, 0.1) is 11.1 Å². The molecule has 0 atom stereocenters. The fourth-order valence-electron chi connectivity index (χ4n) is 3.14. The fraction of sp³-hybridized carbons (Fsp3) is 0.222. The SMILES string of the molecule is N#Cc1c[nH]c(C(=O)N2CCN(C(=O)c3n[nH]c4ccccc34)CC2)c1. The van der Waals surface area contributed by atoms with Crippen LogP contribution < -0.4 is 0 Å². The number of aromatic nitrogens is 3. The molecule has 2 N–H and O–H groups in total. The molecule has 8 nitrogen and oxygen atoms in total. The summed E-state index contributed by atoms with van der Waals surface area (Å²) < 4.78 is 0. The van der Waals surface area contributed by atoms with E-state index in [1.165, 1.54) is 12.3 Å². The van der Waals surface area contributed by atoms with Gasteiger partial charge in [0.2, 0.25) is 0 Å². The number of hydrogen-bond donors (Lipinski definition) is 2. The van der Waals surface area contributed by atoms with E-state index < -0.39 is 0 Å². The largest absolute Gasteiger partial charge is 0.356 e. The molecule has 130 valence electrons. The number of hydrogen-bond acceptors (Lipinski definition) is 4. The van der Waals surface area contributed by atoms with Gasteiger partial charge in [-0.15, -0.1) is 0 Å². The Kier molecular flexibility index (Phi) is 3.89. The normalized spacial score (nSPS) is 14.4. The third-order valence-corrected chi connectivity index (χ3v) is 4.57. The number of rotatable bonds is 2. The van der Waals surface area contributed by atoms with Crippen molar-refractivity contribution in [2.75, 3.05) is 26.2 Å². The van der Waals surface area contributed by atoms with Crippen molar-refractivity contribution in [3.63, 3.8) is 0 Å². The highest BCUT2D eigenvalue weighted by molar-refractivity contribution is 6.04. The molecule has 0 aliphatic carbocycles. The third kappa shape index (κ3) is 2.69. The first-order chi connectivity index (χ1) is 12.7. The van der Waals surface area contributed by atoms with Crippen molar-refractivity contribution in [2.45, 2.75) is 0 Å². The molecule has 1 fully saturated rings. The lowest BCUT2D eigenvalue weighted by atomic mass is 10.2. The summed E-state index contributed by atoms with van der Waals surface area (Å²) in [6.45, 7) is 1.76. The van der Waals surface area contributed by atoms with Crippen LogP contribution in [0.25, 0.3) is 10.9 Å². The minimum atomic E-state index is -0.163. The van der Waals surface area contributed by atoms with E-state index in [-0.39, 0.29) is 11.8 Å². The minimum Gasteiger partial charge on any atom is -0.356 e. The highest BCUT2D eigenvalue weighted by Gasteiger charge is 2.28. The van der Waals surface area contributed by atoms with Crippen molar-refractivity contribution in [3.8, 4) is 6.07 Å². The molecule has 0 spiro atoms. The molecule has 3 heterocycles. The van der Waals surface area contributed by atoms with Crippen molar-refractivity contribution in [2.24, 2.45) is 0 Å². The van der Waals surface area contributed by atoms with E-state index in [9.17, 15) is 9.59 Å². The summed E-state index contributed by atoms with van der Waals surface area (Å²) in [7, 11) is 0. The molecular formula is C18H16N6O2. The third-order valence-electron chi connectivity index (χ3n) is 4.57. The molecule has 0 bridgehead atoms. The molecule has 26 heavy (non-hydrogen) atoms. The maximum atomic E-state index is 12.8. The van der Waals surface area contributed by atoms with E-state index in [1.54, 1.807) is 9.80 Å². The summed E-state index contributed by atoms with van der Waals surface area (Å²) in [5.74, 6) is -0.301. The Balaban J connectivity index is 1.44. The van der Waals surface area contributed by atoms with Gasteiger partial charge in [-0.1, -0.05) is 18.2 Å². The van der Waals surface area contributed by atoms with Gasteiger partial charge in [-0.05, 0) is 12.1 Å². The van der Waals surface area contributed by atoms with Crippen LogP contribution in [0.15, 0.2) is 36.5 Å². The van der Waals surface area contributed by atoms with Gasteiger partial charge in [-0.2, -0.15) is 10.4 Å². The number of nitrogens with zero attached hydrogens (tertiary/aromatic N) is 4. The zero-order valence-electron chi connectivity index (χ0n) is 13.9. The zero-order chi connectivity index (χ0) is 18.1. The Morgan fingerprint density at radius 1 is 1.08 bits per heavy atom. The number of H-pyrrole nitrogens is 2. The monoisotopic (exact) mass is 348 g/mol. The first-order valence-corrected chi connectivity index (χ1v) is 8.27. The molecule has 1 saturated heterocycles. The van der Waals surface area contributed by atoms with Gasteiger partial charge in [0, 0.05) is 37.8 Å². The summed E-state index contributed by atoms with van der Waals surface area (Å²) in [5, 5.41) is 16.7. The predicted octanol–water partition coefficient (Wildman–Crippen LogP) is 1.36. The van der Waals surface area contributed by atoms with Crippen molar-refractivity contribution >= 4 is 22.7 Å². The molecule has 2 amide bonds. The van der Waals surface area contributed by atoms with E-state index in [1.807, 2.05) is 30.3 Å². The lowest BCUT2D eigenvalue weighted by molar-refractivity contribution is 0.0530. The van der Waals surface area contributed by atoms with Crippen molar-refractivity contribution in [1.82, 2.24) is 25.0 Å². The number of nitrogens with one attached hydrogen (secondary N) is 2. The van der Waals surface area contributed by atoms with Gasteiger partial charge >= 0.3 is 0 Å². The van der Waals surface area contributed by atoms with Gasteiger partial charge in [-0.3, -0.25) is 14.7 Å². The number of aromatic amines is 2. The molecule has 1 aliphatic heterocycles. The molecule has 1 aromatic carbocycles. The number of amides is 2. The summed E-state index contributed by atoms with van der Waals surface area (Å²) >= 11 is 0. The van der Waals surface area contributed by atoms with Crippen LogP contribution >= 0.6 is 0 Å². The first kappa shape index (κ1) is 15.9. The molecule has 8 heteroatoms. The minimum absolute atomic E-state index is 0.138. The van der Waals surface area contributed by atoms with Gasteiger partial charge < -0.3 is 14.8 Å². The van der Waals surface area contributed by atoms with Crippen LogP contribution in [0.4, 0.5) is 0 Å². The van der Waals surface area contributed by atoms with Crippen LogP contribution in [0.2, 0.25) is 0 Å². The highest BCUT2D eigenvalue weighted by Crippen LogP contribution is 2.18. The van der Waals surface area contributed by atoms with Crippen LogP contribution in [-0.2, 0) is 0 Å². The average molecular weight is 348 g/mol. The number of carbonyl (C=O) groups is 2. The maximum Gasteiger partial charge on any atom is 0.275 e. The second-order valence-electron chi connectivity index (χ2n) is 6.12. The van der Waals surface area contributed by atoms with Crippen molar-refractivity contribution in [1.29, 1.82) is 5.26 Å². The number of nitriles is 1. The van der Waals surface area contributed by atoms with Gasteiger partial charge in [-0.25, -0.2) is 0 Å².